The lowest BCUT2D eigenvalue weighted by molar-refractivity contribution is -0.127. The molecule has 7 nitrogen and oxygen atoms in total. The zero-order chi connectivity index (χ0) is 33.1. The summed E-state index contributed by atoms with van der Waals surface area (Å²) in [4.78, 5) is 45.2. The normalized spacial score (nSPS) is 16.8. The lowest BCUT2D eigenvalue weighted by Gasteiger charge is -2.32. The van der Waals surface area contributed by atoms with E-state index in [0.29, 0.717) is 43.1 Å². The molecule has 4 aromatic carbocycles. The molecule has 48 heavy (non-hydrogen) atoms. The predicted molar refractivity (Wildman–Crippen MR) is 188 cm³/mol. The summed E-state index contributed by atoms with van der Waals surface area (Å²) in [5.41, 5.74) is 4.21. The van der Waals surface area contributed by atoms with Crippen molar-refractivity contribution in [1.29, 1.82) is 0 Å². The number of para-hydroxylation sites is 1. The van der Waals surface area contributed by atoms with Crippen molar-refractivity contribution in [3.63, 3.8) is 0 Å². The fourth-order valence-electron chi connectivity index (χ4n) is 5.99. The fourth-order valence-corrected chi connectivity index (χ4v) is 5.99. The van der Waals surface area contributed by atoms with E-state index in [2.05, 4.69) is 10.2 Å². The van der Waals surface area contributed by atoms with Crippen molar-refractivity contribution in [1.82, 2.24) is 9.80 Å². The second kappa shape index (κ2) is 14.5. The van der Waals surface area contributed by atoms with E-state index in [-0.39, 0.29) is 41.6 Å². The van der Waals surface area contributed by atoms with Gasteiger partial charge in [-0.25, -0.2) is 8.78 Å². The molecule has 1 saturated heterocycles. The van der Waals surface area contributed by atoms with Gasteiger partial charge in [-0.2, -0.15) is 0 Å². The highest BCUT2D eigenvalue weighted by molar-refractivity contribution is 6.11. The van der Waals surface area contributed by atoms with Crippen LogP contribution in [-0.2, 0) is 4.79 Å². The van der Waals surface area contributed by atoms with Crippen molar-refractivity contribution in [2.45, 2.75) is 19.3 Å². The summed E-state index contributed by atoms with van der Waals surface area (Å²) in [6.45, 7) is 4.04. The second-order valence-corrected chi connectivity index (χ2v) is 12.1. The van der Waals surface area contributed by atoms with Crippen LogP contribution in [0.1, 0.15) is 38.3 Å². The van der Waals surface area contributed by atoms with E-state index in [1.807, 2.05) is 50.4 Å². The zero-order valence-corrected chi connectivity index (χ0v) is 27.6. The number of piperazine rings is 1. The van der Waals surface area contributed by atoms with Crippen molar-refractivity contribution >= 4 is 47.1 Å². The molecule has 0 radical (unpaired) electrons. The van der Waals surface area contributed by atoms with E-state index in [1.165, 1.54) is 11.0 Å². The first-order valence-corrected chi connectivity index (χ1v) is 15.7. The van der Waals surface area contributed by atoms with Crippen LogP contribution in [0.5, 0.6) is 0 Å². The highest BCUT2D eigenvalue weighted by atomic mass is 35.5. The Kier molecular flexibility index (Phi) is 10.4. The van der Waals surface area contributed by atoms with Crippen molar-refractivity contribution in [2.24, 2.45) is 0 Å². The molecule has 0 saturated carbocycles. The maximum Gasteiger partial charge on any atom is 0.275 e. The first-order valence-electron chi connectivity index (χ1n) is 15.7. The van der Waals surface area contributed by atoms with Gasteiger partial charge in [0.25, 0.3) is 17.7 Å². The minimum Gasteiger partial charge on any atom is -0.337 e. The number of nitrogens with one attached hydrogen (secondary N) is 1. The zero-order valence-electron chi connectivity index (χ0n) is 26.8. The lowest BCUT2D eigenvalue weighted by atomic mass is 9.96. The number of hydrogen-bond donors (Lipinski definition) is 1. The molecule has 248 valence electrons. The number of nitrogens with zero attached hydrogens (tertiary/aromatic N) is 3. The number of carbonyl (C=O) groups excluding carboxylic acids is 3. The Morgan fingerprint density at radius 3 is 2.08 bits per heavy atom. The van der Waals surface area contributed by atoms with Crippen LogP contribution >= 0.6 is 12.4 Å². The summed E-state index contributed by atoms with van der Waals surface area (Å²) in [5, 5.41) is 2.91. The molecule has 1 N–H and O–H groups in total. The Balaban J connectivity index is 0.00000451. The van der Waals surface area contributed by atoms with Gasteiger partial charge in [-0.3, -0.25) is 14.4 Å². The van der Waals surface area contributed by atoms with Crippen molar-refractivity contribution in [2.75, 3.05) is 50.0 Å². The van der Waals surface area contributed by atoms with Gasteiger partial charge >= 0.3 is 0 Å². The highest BCUT2D eigenvalue weighted by Crippen LogP contribution is 2.43. The molecule has 0 spiro atoms. The number of benzene rings is 4. The number of likely N-dealkylation sites (N-methyl/N-ethyl adjacent to an activating group) is 1. The van der Waals surface area contributed by atoms with Crippen LogP contribution in [0, 0.1) is 6.92 Å². The minimum atomic E-state index is -3.32. The first kappa shape index (κ1) is 34.5. The van der Waals surface area contributed by atoms with Crippen LogP contribution in [0.4, 0.5) is 20.2 Å². The molecule has 1 fully saturated rings. The fraction of sp³-hybridized carbons (Fsp3) is 0.237. The molecule has 10 heteroatoms. The molecule has 2 aliphatic rings. The number of halogens is 3. The molecule has 2 heterocycles. The van der Waals surface area contributed by atoms with Gasteiger partial charge in [0.15, 0.2) is 0 Å². The predicted octanol–water partition coefficient (Wildman–Crippen LogP) is 7.18. The number of carbonyl (C=O) groups is 3. The van der Waals surface area contributed by atoms with Gasteiger partial charge in [0, 0.05) is 73.2 Å². The molecular weight excluding hydrogens is 634 g/mol. The summed E-state index contributed by atoms with van der Waals surface area (Å²) in [5.74, 6) is -4.53. The smallest absolute Gasteiger partial charge is 0.275 e. The molecule has 6 rings (SSSR count). The van der Waals surface area contributed by atoms with Crippen LogP contribution < -0.4 is 10.2 Å². The van der Waals surface area contributed by atoms with Gasteiger partial charge in [-0.15, -0.1) is 12.4 Å². The van der Waals surface area contributed by atoms with Crippen LogP contribution in [0.2, 0.25) is 0 Å². The molecule has 2 aliphatic heterocycles. The minimum absolute atomic E-state index is 0. The highest BCUT2D eigenvalue weighted by Gasteiger charge is 2.41. The van der Waals surface area contributed by atoms with Gasteiger partial charge in [0.2, 0.25) is 5.91 Å². The number of fused-ring (bicyclic) bond motifs is 1. The van der Waals surface area contributed by atoms with Gasteiger partial charge in [-0.1, -0.05) is 66.2 Å². The third-order valence-electron chi connectivity index (χ3n) is 8.78. The SMILES string of the molecule is Cc1ccc(-c2ccccc2C(=O)Nc2ccc(C(=O)N3CCC(F)(F)/C(=C\C(=O)N4CCN(C)CC4)c4ccccc43)cc2)cc1.Cl. The maximum absolute atomic E-state index is 15.7. The summed E-state index contributed by atoms with van der Waals surface area (Å²) < 4.78 is 31.4. The summed E-state index contributed by atoms with van der Waals surface area (Å²) in [7, 11) is 1.96. The lowest BCUT2D eigenvalue weighted by Crippen LogP contribution is -2.46. The third-order valence-corrected chi connectivity index (χ3v) is 8.78. The van der Waals surface area contributed by atoms with E-state index >= 15 is 8.78 Å². The second-order valence-electron chi connectivity index (χ2n) is 12.1. The number of rotatable bonds is 5. The number of anilines is 2. The molecule has 0 aromatic heterocycles. The third kappa shape index (κ3) is 7.32. The Bertz CT molecular complexity index is 1840. The van der Waals surface area contributed by atoms with Gasteiger partial charge < -0.3 is 20.0 Å². The summed E-state index contributed by atoms with van der Waals surface area (Å²) in [6.07, 6.45) is 0.413. The standard InChI is InChI=1S/C38H36F2N4O3.ClH/c1-26-11-13-27(14-12-26)30-7-3-4-8-31(30)36(46)41-29-17-15-28(16-18-29)37(47)44-20-19-38(39,40)33(32-9-5-6-10-34(32)44)25-35(45)43-23-21-42(2)22-24-43;/h3-18,25H,19-24H2,1-2H3,(H,41,46);1H/b33-25-;. The van der Waals surface area contributed by atoms with Crippen molar-refractivity contribution in [3.8, 4) is 11.1 Å². The quantitative estimate of drug-likeness (QED) is 0.229. The van der Waals surface area contributed by atoms with Crippen molar-refractivity contribution < 1.29 is 23.2 Å². The van der Waals surface area contributed by atoms with E-state index < -0.39 is 24.2 Å². The van der Waals surface area contributed by atoms with Crippen molar-refractivity contribution in [3.05, 3.63) is 125 Å². The monoisotopic (exact) mass is 670 g/mol. The van der Waals surface area contributed by atoms with E-state index in [0.717, 1.165) is 22.8 Å². The van der Waals surface area contributed by atoms with Crippen LogP contribution in [0.15, 0.2) is 103 Å². The van der Waals surface area contributed by atoms with Gasteiger partial charge in [-0.05, 0) is 61.5 Å². The summed E-state index contributed by atoms with van der Waals surface area (Å²) >= 11 is 0. The number of alkyl halides is 2. The van der Waals surface area contributed by atoms with E-state index in [4.69, 9.17) is 0 Å². The molecule has 3 amide bonds. The average molecular weight is 671 g/mol. The Labute approximate surface area is 285 Å². The number of amides is 3. The molecule has 0 aliphatic carbocycles. The topological polar surface area (TPSA) is 73.0 Å². The Hall–Kier alpha value is -4.86. The van der Waals surface area contributed by atoms with Gasteiger partial charge in [0.05, 0.1) is 5.69 Å². The number of hydrogen-bond acceptors (Lipinski definition) is 4. The maximum atomic E-state index is 15.7. The molecule has 4 aromatic rings. The molecule has 0 atom stereocenters. The Morgan fingerprint density at radius 1 is 0.771 bits per heavy atom. The molecule has 0 bridgehead atoms. The van der Waals surface area contributed by atoms with Crippen LogP contribution in [0.25, 0.3) is 16.7 Å². The van der Waals surface area contributed by atoms with E-state index in [9.17, 15) is 14.4 Å². The number of allylic oxidation sites excluding steroid dienone is 1. The van der Waals surface area contributed by atoms with Crippen LogP contribution in [-0.4, -0.2) is 73.2 Å². The Morgan fingerprint density at radius 2 is 1.40 bits per heavy atom. The largest absolute Gasteiger partial charge is 0.337 e. The average Bonchev–Trinajstić information content (AvgIpc) is 3.18. The van der Waals surface area contributed by atoms with E-state index in [1.54, 1.807) is 59.5 Å². The van der Waals surface area contributed by atoms with Crippen LogP contribution in [0.3, 0.4) is 0 Å². The first-order chi connectivity index (χ1) is 22.6. The molecule has 0 unspecified atom stereocenters. The molecular formula is C38H37ClF2N4O3. The van der Waals surface area contributed by atoms with Gasteiger partial charge in [0.1, 0.15) is 0 Å². The number of aryl methyl sites for hydroxylation is 1. The summed E-state index contributed by atoms with van der Waals surface area (Å²) in [6, 6.07) is 28.2.